The number of nitrogen functional groups attached to an aromatic ring is 1. The molecule has 4 N–H and O–H groups in total. The van der Waals surface area contributed by atoms with E-state index in [-0.39, 0.29) is 11.9 Å². The van der Waals surface area contributed by atoms with Crippen LogP contribution in [0.25, 0.3) is 10.4 Å². The number of anilines is 1. The van der Waals surface area contributed by atoms with E-state index in [4.69, 9.17) is 5.73 Å². The zero-order chi connectivity index (χ0) is 17.1. The Morgan fingerprint density at radius 3 is 2.71 bits per heavy atom. The van der Waals surface area contributed by atoms with Crippen LogP contribution in [0.4, 0.5) is 5.69 Å². The molecule has 0 radical (unpaired) electrons. The summed E-state index contributed by atoms with van der Waals surface area (Å²) in [5, 5.41) is 6.73. The highest BCUT2D eigenvalue weighted by Gasteiger charge is 2.39. The molecule has 0 aliphatic carbocycles. The van der Waals surface area contributed by atoms with Crippen LogP contribution in [0.5, 0.6) is 0 Å². The van der Waals surface area contributed by atoms with Crippen LogP contribution in [0.1, 0.15) is 28.9 Å². The molecule has 3 heterocycles. The number of halogens is 1. The molecule has 2 aliphatic rings. The Kier molecular flexibility index (Phi) is 5.78. The molecule has 1 aromatic heterocycles. The van der Waals surface area contributed by atoms with Gasteiger partial charge in [0.1, 0.15) is 0 Å². The molecule has 4 nitrogen and oxygen atoms in total. The topological polar surface area (TPSA) is 67.2 Å². The summed E-state index contributed by atoms with van der Waals surface area (Å²) in [5.74, 6) is 0.0325. The number of carbonyl (C=O) groups excluding carboxylic acids is 1. The lowest BCUT2D eigenvalue weighted by Crippen LogP contribution is -2.42. The Bertz CT molecular complexity index is 718. The fourth-order valence-electron chi connectivity index (χ4n) is 3.55. The number of fused-ring (bicyclic) bond motifs is 2. The van der Waals surface area contributed by atoms with Crippen molar-refractivity contribution < 1.29 is 4.79 Å². The molecule has 4 rings (SSSR count). The number of hydrogen-bond acceptors (Lipinski definition) is 4. The van der Waals surface area contributed by atoms with Crippen molar-refractivity contribution >= 4 is 45.5 Å². The van der Waals surface area contributed by atoms with Crippen molar-refractivity contribution in [2.45, 2.75) is 37.4 Å². The van der Waals surface area contributed by atoms with Crippen molar-refractivity contribution in [1.29, 1.82) is 0 Å². The predicted molar refractivity (Wildman–Crippen MR) is 110 cm³/mol. The van der Waals surface area contributed by atoms with E-state index in [2.05, 4.69) is 33.2 Å². The molecule has 24 heavy (non-hydrogen) atoms. The summed E-state index contributed by atoms with van der Waals surface area (Å²) >= 11 is 3.65. The monoisotopic (exact) mass is 455 g/mol. The second-order valence-corrected chi connectivity index (χ2v) is 7.20. The van der Waals surface area contributed by atoms with Crippen LogP contribution in [0.2, 0.25) is 0 Å². The van der Waals surface area contributed by atoms with Crippen LogP contribution in [-0.2, 0) is 0 Å². The molecule has 2 saturated heterocycles. The average molecular weight is 455 g/mol. The van der Waals surface area contributed by atoms with E-state index in [1.807, 2.05) is 41.3 Å². The average Bonchev–Trinajstić information content (AvgIpc) is 3.34. The minimum atomic E-state index is 0.0325. The summed E-state index contributed by atoms with van der Waals surface area (Å²) in [5.41, 5.74) is 7.75. The Hall–Kier alpha value is -1.12. The molecule has 3 atom stereocenters. The van der Waals surface area contributed by atoms with Gasteiger partial charge in [0.2, 0.25) is 0 Å². The zero-order valence-electron chi connectivity index (χ0n) is 13.6. The van der Waals surface area contributed by atoms with Crippen molar-refractivity contribution in [3.8, 4) is 10.4 Å². The van der Waals surface area contributed by atoms with Gasteiger partial charge in [0.25, 0.3) is 5.91 Å². The summed E-state index contributed by atoms with van der Waals surface area (Å²) in [4.78, 5) is 16.2. The molecule has 6 heteroatoms. The molecule has 2 fully saturated rings. The first kappa shape index (κ1) is 17.7. The fourth-order valence-corrected chi connectivity index (χ4v) is 4.51. The van der Waals surface area contributed by atoms with Gasteiger partial charge in [-0.15, -0.1) is 11.3 Å². The van der Waals surface area contributed by atoms with E-state index < -0.39 is 0 Å². The number of nitrogens with one attached hydrogen (secondary N) is 2. The third-order valence-corrected chi connectivity index (χ3v) is 5.79. The van der Waals surface area contributed by atoms with Gasteiger partial charge in [-0.05, 0) is 42.4 Å². The van der Waals surface area contributed by atoms with E-state index in [1.165, 1.54) is 24.2 Å². The maximum Gasteiger partial charge on any atom is 0.261 e. The van der Waals surface area contributed by atoms with E-state index in [9.17, 15) is 4.79 Å². The van der Waals surface area contributed by atoms with Crippen LogP contribution in [0.15, 0.2) is 36.4 Å². The Balaban J connectivity index is 0.000000815. The smallest absolute Gasteiger partial charge is 0.261 e. The third-order valence-electron chi connectivity index (χ3n) is 4.67. The summed E-state index contributed by atoms with van der Waals surface area (Å²) in [6.07, 6.45) is 3.47. The van der Waals surface area contributed by atoms with Gasteiger partial charge in [0.05, 0.1) is 4.88 Å². The van der Waals surface area contributed by atoms with Crippen molar-refractivity contribution in [3.05, 3.63) is 41.3 Å². The van der Waals surface area contributed by atoms with Crippen LogP contribution < -0.4 is 16.4 Å². The third kappa shape index (κ3) is 3.60. The van der Waals surface area contributed by atoms with Crippen molar-refractivity contribution in [3.63, 3.8) is 0 Å². The maximum absolute atomic E-state index is 12.4. The van der Waals surface area contributed by atoms with Gasteiger partial charge in [-0.3, -0.25) is 4.79 Å². The van der Waals surface area contributed by atoms with Gasteiger partial charge in [0.15, 0.2) is 0 Å². The first-order chi connectivity index (χ1) is 11.7. The number of alkyl halides is 1. The van der Waals surface area contributed by atoms with Crippen molar-refractivity contribution in [2.75, 3.05) is 10.7 Å². The molecule has 2 aliphatic heterocycles. The lowest BCUT2D eigenvalue weighted by atomic mass is 9.95. The van der Waals surface area contributed by atoms with Crippen molar-refractivity contribution in [2.24, 2.45) is 0 Å². The number of carbonyl (C=O) groups is 1. The highest BCUT2D eigenvalue weighted by molar-refractivity contribution is 14.1. The van der Waals surface area contributed by atoms with Crippen LogP contribution >= 0.6 is 33.9 Å². The number of thiophene rings is 1. The van der Waals surface area contributed by atoms with Gasteiger partial charge in [-0.1, -0.05) is 40.8 Å². The number of amides is 1. The molecule has 1 aromatic carbocycles. The minimum absolute atomic E-state index is 0.0325. The first-order valence-corrected chi connectivity index (χ1v) is 11.1. The van der Waals surface area contributed by atoms with Gasteiger partial charge < -0.3 is 16.4 Å². The van der Waals surface area contributed by atoms with Gasteiger partial charge in [0, 0.05) is 34.3 Å². The number of hydrogen-bond donors (Lipinski definition) is 3. The lowest BCUT2D eigenvalue weighted by Gasteiger charge is -2.20. The largest absolute Gasteiger partial charge is 0.398 e. The summed E-state index contributed by atoms with van der Waals surface area (Å²) < 4.78 is 0. The van der Waals surface area contributed by atoms with E-state index in [0.717, 1.165) is 27.4 Å². The number of nitrogens with two attached hydrogens (primary N) is 1. The highest BCUT2D eigenvalue weighted by atomic mass is 127. The number of rotatable bonds is 3. The predicted octanol–water partition coefficient (Wildman–Crippen LogP) is 3.67. The number of para-hydroxylation sites is 1. The highest BCUT2D eigenvalue weighted by Crippen LogP contribution is 2.33. The summed E-state index contributed by atoms with van der Waals surface area (Å²) in [7, 11) is 0. The Labute approximate surface area is 160 Å². The standard InChI is InChI=1S/C17H19N3OS.CH3I/c18-12-4-2-1-3-11(12)15-7-8-16(22-15)17(21)20-14-9-10-5-6-13(14)19-10;1-2/h1-4,7-8,10,13-14,19H,5-6,9,18H2,(H,20,21);1H3/t10?,13?,14-;/m1./s1. The molecule has 1 amide bonds. The normalized spacial score (nSPS) is 24.3. The van der Waals surface area contributed by atoms with Crippen LogP contribution in [0, 0.1) is 0 Å². The molecule has 0 spiro atoms. The summed E-state index contributed by atoms with van der Waals surface area (Å²) in [6, 6.07) is 13.0. The van der Waals surface area contributed by atoms with Gasteiger partial charge in [-0.25, -0.2) is 0 Å². The second-order valence-electron chi connectivity index (χ2n) is 6.11. The van der Waals surface area contributed by atoms with Crippen molar-refractivity contribution in [1.82, 2.24) is 10.6 Å². The van der Waals surface area contributed by atoms with Crippen LogP contribution in [0.3, 0.4) is 0 Å². The molecule has 0 saturated carbocycles. The summed E-state index contributed by atoms with van der Waals surface area (Å²) in [6.45, 7) is 0. The van der Waals surface area contributed by atoms with Crippen LogP contribution in [-0.4, -0.2) is 29.0 Å². The second kappa shape index (κ2) is 7.84. The quantitative estimate of drug-likeness (QED) is 0.376. The van der Waals surface area contributed by atoms with Gasteiger partial charge >= 0.3 is 0 Å². The fraction of sp³-hybridized carbons (Fsp3) is 0.389. The van der Waals surface area contributed by atoms with E-state index >= 15 is 0 Å². The lowest BCUT2D eigenvalue weighted by molar-refractivity contribution is 0.0935. The number of benzene rings is 1. The molecule has 2 aromatic rings. The molecule has 2 unspecified atom stereocenters. The van der Waals surface area contributed by atoms with Gasteiger partial charge in [-0.2, -0.15) is 0 Å². The molecular formula is C18H22IN3OS. The Morgan fingerprint density at radius 1 is 1.25 bits per heavy atom. The SMILES string of the molecule is CI.Nc1ccccc1-c1ccc(C(=O)N[C@@H]2CC3CCC2N3)s1. The molecule has 2 bridgehead atoms. The van der Waals surface area contributed by atoms with E-state index in [1.54, 1.807) is 0 Å². The maximum atomic E-state index is 12.4. The minimum Gasteiger partial charge on any atom is -0.398 e. The first-order valence-electron chi connectivity index (χ1n) is 8.10. The Morgan fingerprint density at radius 2 is 2.04 bits per heavy atom. The molecular weight excluding hydrogens is 433 g/mol. The van der Waals surface area contributed by atoms with E-state index in [0.29, 0.717) is 12.1 Å². The zero-order valence-corrected chi connectivity index (χ0v) is 16.6. The molecule has 128 valence electrons.